The summed E-state index contributed by atoms with van der Waals surface area (Å²) in [5.74, 6) is 0.977. The van der Waals surface area contributed by atoms with E-state index >= 15 is 0 Å². The molecule has 0 bridgehead atoms. The lowest BCUT2D eigenvalue weighted by atomic mass is 10.1. The van der Waals surface area contributed by atoms with E-state index in [2.05, 4.69) is 11.6 Å². The van der Waals surface area contributed by atoms with Crippen LogP contribution in [0.2, 0.25) is 0 Å². The van der Waals surface area contributed by atoms with Crippen LogP contribution in [0.5, 0.6) is 0 Å². The second-order valence-corrected chi connectivity index (χ2v) is 2.82. The lowest BCUT2D eigenvalue weighted by molar-refractivity contribution is 0.600. The molecule has 0 radical (unpaired) electrons. The van der Waals surface area contributed by atoms with Crippen molar-refractivity contribution in [2.24, 2.45) is 4.99 Å². The van der Waals surface area contributed by atoms with E-state index in [1.165, 1.54) is 0 Å². The SMILES string of the molecule is C=C1C=CN2C=CC=NC2=C1C.CC. The molecule has 2 heterocycles. The van der Waals surface area contributed by atoms with Gasteiger partial charge in [0.1, 0.15) is 5.82 Å². The van der Waals surface area contributed by atoms with Crippen LogP contribution in [0.15, 0.2) is 53.1 Å². The van der Waals surface area contributed by atoms with E-state index in [4.69, 9.17) is 0 Å². The largest absolute Gasteiger partial charge is 0.308 e. The van der Waals surface area contributed by atoms with E-state index in [-0.39, 0.29) is 0 Å². The molecule has 0 aliphatic carbocycles. The van der Waals surface area contributed by atoms with Crippen LogP contribution in [0.3, 0.4) is 0 Å². The van der Waals surface area contributed by atoms with Crippen molar-refractivity contribution in [1.29, 1.82) is 0 Å². The van der Waals surface area contributed by atoms with Gasteiger partial charge in [0.15, 0.2) is 0 Å². The van der Waals surface area contributed by atoms with Gasteiger partial charge >= 0.3 is 0 Å². The van der Waals surface area contributed by atoms with Gasteiger partial charge in [0.2, 0.25) is 0 Å². The van der Waals surface area contributed by atoms with Gasteiger partial charge < -0.3 is 4.90 Å². The highest BCUT2D eigenvalue weighted by molar-refractivity contribution is 5.74. The zero-order chi connectivity index (χ0) is 10.6. The maximum absolute atomic E-state index is 4.26. The minimum Gasteiger partial charge on any atom is -0.308 e. The van der Waals surface area contributed by atoms with Crippen molar-refractivity contribution in [3.63, 3.8) is 0 Å². The molecule has 0 unspecified atom stereocenters. The van der Waals surface area contributed by atoms with Gasteiger partial charge in [-0.25, -0.2) is 4.99 Å². The third kappa shape index (κ3) is 1.84. The van der Waals surface area contributed by atoms with Gasteiger partial charge in [0, 0.05) is 18.6 Å². The second-order valence-electron chi connectivity index (χ2n) is 2.82. The molecule has 0 aromatic heterocycles. The van der Waals surface area contributed by atoms with Crippen LogP contribution in [0.1, 0.15) is 20.8 Å². The smallest absolute Gasteiger partial charge is 0.140 e. The van der Waals surface area contributed by atoms with E-state index in [1.54, 1.807) is 6.21 Å². The molecule has 2 heteroatoms. The Kier molecular flexibility index (Phi) is 3.46. The maximum atomic E-state index is 4.26. The first-order valence-electron chi connectivity index (χ1n) is 4.86. The Morgan fingerprint density at radius 3 is 2.71 bits per heavy atom. The lowest BCUT2D eigenvalue weighted by Crippen LogP contribution is -2.15. The van der Waals surface area contributed by atoms with E-state index in [0.717, 1.165) is 17.0 Å². The quantitative estimate of drug-likeness (QED) is 0.570. The lowest BCUT2D eigenvalue weighted by Gasteiger charge is -2.24. The van der Waals surface area contributed by atoms with Gasteiger partial charge in [0.05, 0.1) is 0 Å². The van der Waals surface area contributed by atoms with Crippen LogP contribution in [0.25, 0.3) is 0 Å². The summed E-state index contributed by atoms with van der Waals surface area (Å²) in [5.41, 5.74) is 2.17. The van der Waals surface area contributed by atoms with Gasteiger partial charge in [-0.2, -0.15) is 0 Å². The Morgan fingerprint density at radius 2 is 2.00 bits per heavy atom. The Balaban J connectivity index is 0.000000461. The summed E-state index contributed by atoms with van der Waals surface area (Å²) in [6, 6.07) is 0. The minimum absolute atomic E-state index is 0.977. The number of aliphatic imine (C=N–C) groups is 1. The third-order valence-electron chi connectivity index (χ3n) is 2.03. The summed E-state index contributed by atoms with van der Waals surface area (Å²) >= 11 is 0. The first-order chi connectivity index (χ1) is 6.79. The van der Waals surface area contributed by atoms with E-state index in [0.29, 0.717) is 0 Å². The predicted molar refractivity (Wildman–Crippen MR) is 61.8 cm³/mol. The summed E-state index contributed by atoms with van der Waals surface area (Å²) < 4.78 is 0. The molecule has 2 aliphatic heterocycles. The van der Waals surface area contributed by atoms with Crippen LogP contribution in [-0.2, 0) is 0 Å². The highest BCUT2D eigenvalue weighted by atomic mass is 15.2. The normalized spacial score (nSPS) is 17.9. The fourth-order valence-corrected chi connectivity index (χ4v) is 1.23. The van der Waals surface area contributed by atoms with Crippen LogP contribution in [0.4, 0.5) is 0 Å². The number of allylic oxidation sites excluding steroid dienone is 4. The molecule has 0 amide bonds. The molecular formula is C12H16N2. The fraction of sp³-hybridized carbons (Fsp3) is 0.250. The van der Waals surface area contributed by atoms with E-state index in [9.17, 15) is 0 Å². The molecule has 0 saturated heterocycles. The number of hydrogen-bond acceptors (Lipinski definition) is 2. The van der Waals surface area contributed by atoms with Gasteiger partial charge in [-0.05, 0) is 30.2 Å². The summed E-state index contributed by atoms with van der Waals surface area (Å²) in [4.78, 5) is 6.25. The number of nitrogens with zero attached hydrogens (tertiary/aromatic N) is 2. The Morgan fingerprint density at radius 1 is 1.29 bits per heavy atom. The standard InChI is InChI=1S/C10H10N2.C2H6/c1-8-4-7-12-6-3-5-11-10(12)9(8)2;1-2/h3-7H,1H2,2H3;1-2H3. The van der Waals surface area contributed by atoms with Crippen molar-refractivity contribution in [3.8, 4) is 0 Å². The van der Waals surface area contributed by atoms with Gasteiger partial charge in [-0.15, -0.1) is 0 Å². The Labute approximate surface area is 85.6 Å². The van der Waals surface area contributed by atoms with Crippen molar-refractivity contribution < 1.29 is 0 Å². The van der Waals surface area contributed by atoms with Crippen LogP contribution >= 0.6 is 0 Å². The van der Waals surface area contributed by atoms with E-state index < -0.39 is 0 Å². The molecule has 0 aromatic carbocycles. The first-order valence-corrected chi connectivity index (χ1v) is 4.86. The van der Waals surface area contributed by atoms with Crippen LogP contribution in [-0.4, -0.2) is 11.1 Å². The molecule has 2 rings (SSSR count). The average Bonchev–Trinajstić information content (AvgIpc) is 2.27. The van der Waals surface area contributed by atoms with Crippen molar-refractivity contribution >= 4 is 6.21 Å². The monoisotopic (exact) mass is 188 g/mol. The number of rotatable bonds is 0. The summed E-state index contributed by atoms with van der Waals surface area (Å²) in [7, 11) is 0. The highest BCUT2D eigenvalue weighted by Gasteiger charge is 2.13. The molecule has 0 saturated carbocycles. The fourth-order valence-electron chi connectivity index (χ4n) is 1.23. The van der Waals surface area contributed by atoms with Crippen molar-refractivity contribution in [2.45, 2.75) is 20.8 Å². The van der Waals surface area contributed by atoms with Crippen molar-refractivity contribution in [2.75, 3.05) is 0 Å². The number of fused-ring (bicyclic) bond motifs is 1. The second kappa shape index (κ2) is 4.61. The minimum atomic E-state index is 0.977. The summed E-state index contributed by atoms with van der Waals surface area (Å²) in [6.45, 7) is 9.95. The zero-order valence-corrected chi connectivity index (χ0v) is 8.99. The number of hydrogen-bond donors (Lipinski definition) is 0. The molecule has 0 fully saturated rings. The highest BCUT2D eigenvalue weighted by Crippen LogP contribution is 2.25. The van der Waals surface area contributed by atoms with Crippen molar-refractivity contribution in [3.05, 3.63) is 48.1 Å². The van der Waals surface area contributed by atoms with Gasteiger partial charge in [-0.3, -0.25) is 0 Å². The summed E-state index contributed by atoms with van der Waals surface area (Å²) in [5, 5.41) is 0. The summed E-state index contributed by atoms with van der Waals surface area (Å²) in [6.07, 6.45) is 9.65. The molecule has 2 aliphatic rings. The molecule has 0 atom stereocenters. The van der Waals surface area contributed by atoms with Crippen LogP contribution < -0.4 is 0 Å². The van der Waals surface area contributed by atoms with Gasteiger partial charge in [-0.1, -0.05) is 20.4 Å². The first kappa shape index (κ1) is 10.5. The Bertz CT molecular complexity index is 343. The molecule has 74 valence electrons. The Hall–Kier alpha value is -1.57. The van der Waals surface area contributed by atoms with Gasteiger partial charge in [0.25, 0.3) is 0 Å². The predicted octanol–water partition coefficient (Wildman–Crippen LogP) is 3.23. The molecule has 0 N–H and O–H groups in total. The molecule has 14 heavy (non-hydrogen) atoms. The molecular weight excluding hydrogens is 172 g/mol. The molecule has 0 aromatic rings. The van der Waals surface area contributed by atoms with Crippen LogP contribution in [0, 0.1) is 0 Å². The van der Waals surface area contributed by atoms with Crippen molar-refractivity contribution in [1.82, 2.24) is 4.90 Å². The topological polar surface area (TPSA) is 15.6 Å². The van der Waals surface area contributed by atoms with E-state index in [1.807, 2.05) is 50.2 Å². The average molecular weight is 188 g/mol. The zero-order valence-electron chi connectivity index (χ0n) is 8.99. The maximum Gasteiger partial charge on any atom is 0.140 e. The molecule has 2 nitrogen and oxygen atoms in total. The third-order valence-corrected chi connectivity index (χ3v) is 2.03. The molecule has 0 spiro atoms.